The number of likely N-dealkylation sites (tertiary alicyclic amines) is 1. The van der Waals surface area contributed by atoms with Crippen LogP contribution in [-0.2, 0) is 0 Å². The zero-order valence-electron chi connectivity index (χ0n) is 7.57. The monoisotopic (exact) mass is 230 g/mol. The Hall–Kier alpha value is -0.580. The van der Waals surface area contributed by atoms with Crippen molar-refractivity contribution in [2.45, 2.75) is 12.5 Å². The van der Waals surface area contributed by atoms with Crippen LogP contribution < -0.4 is 5.73 Å². The number of carbonyl (C=O) groups is 1. The molecule has 2 heterocycles. The molecule has 2 rings (SSSR count). The number of nitrogens with zero attached hydrogens (tertiary/aromatic N) is 1. The van der Waals surface area contributed by atoms with E-state index in [1.807, 2.05) is 5.38 Å². The highest BCUT2D eigenvalue weighted by Crippen LogP contribution is 2.24. The highest BCUT2D eigenvalue weighted by atomic mass is 35.5. The number of halogens is 1. The molecule has 1 aromatic rings. The molecule has 1 atom stereocenters. The van der Waals surface area contributed by atoms with Crippen LogP contribution in [-0.4, -0.2) is 29.9 Å². The Labute approximate surface area is 91.5 Å². The fraction of sp³-hybridized carbons (Fsp3) is 0.444. The molecule has 1 aromatic heterocycles. The molecule has 0 radical (unpaired) electrons. The largest absolute Gasteiger partial charge is 0.336 e. The highest BCUT2D eigenvalue weighted by Gasteiger charge is 2.26. The van der Waals surface area contributed by atoms with E-state index in [1.54, 1.807) is 11.0 Å². The van der Waals surface area contributed by atoms with Gasteiger partial charge < -0.3 is 10.6 Å². The Balaban J connectivity index is 2.13. The number of thiophene rings is 1. The molecule has 0 aromatic carbocycles. The quantitative estimate of drug-likeness (QED) is 0.796. The minimum atomic E-state index is 0.0120. The molecule has 1 aliphatic rings. The van der Waals surface area contributed by atoms with Crippen LogP contribution in [0.1, 0.15) is 16.1 Å². The van der Waals surface area contributed by atoms with E-state index >= 15 is 0 Å². The molecule has 14 heavy (non-hydrogen) atoms. The maximum absolute atomic E-state index is 11.9. The van der Waals surface area contributed by atoms with Crippen molar-refractivity contribution < 1.29 is 4.79 Å². The molecule has 0 saturated carbocycles. The average molecular weight is 231 g/mol. The Morgan fingerprint density at radius 2 is 2.50 bits per heavy atom. The number of rotatable bonds is 1. The van der Waals surface area contributed by atoms with Gasteiger partial charge >= 0.3 is 0 Å². The van der Waals surface area contributed by atoms with Crippen molar-refractivity contribution in [2.24, 2.45) is 5.73 Å². The fourth-order valence-electron chi connectivity index (χ4n) is 1.56. The average Bonchev–Trinajstić information content (AvgIpc) is 2.73. The standard InChI is InChI=1S/C9H11ClN2OS/c10-7-2-4-14-8(7)9(13)12-3-1-6(11)5-12/h2,4,6H,1,3,5,11H2/t6-/m0/s1. The van der Waals surface area contributed by atoms with Gasteiger partial charge in [-0.25, -0.2) is 0 Å². The number of nitrogens with two attached hydrogens (primary N) is 1. The second-order valence-electron chi connectivity index (χ2n) is 3.40. The van der Waals surface area contributed by atoms with Gasteiger partial charge in [-0.2, -0.15) is 0 Å². The van der Waals surface area contributed by atoms with Crippen molar-refractivity contribution in [2.75, 3.05) is 13.1 Å². The normalized spacial score (nSPS) is 21.6. The van der Waals surface area contributed by atoms with E-state index < -0.39 is 0 Å². The maximum atomic E-state index is 11.9. The zero-order valence-corrected chi connectivity index (χ0v) is 9.14. The molecule has 0 spiro atoms. The molecule has 1 amide bonds. The van der Waals surface area contributed by atoms with Crippen molar-refractivity contribution in [1.29, 1.82) is 0 Å². The lowest BCUT2D eigenvalue weighted by atomic mass is 10.3. The Morgan fingerprint density at radius 3 is 3.00 bits per heavy atom. The first-order valence-electron chi connectivity index (χ1n) is 4.46. The first-order valence-corrected chi connectivity index (χ1v) is 5.72. The van der Waals surface area contributed by atoms with Crippen LogP contribution >= 0.6 is 22.9 Å². The molecule has 1 saturated heterocycles. The SMILES string of the molecule is N[C@H]1CCN(C(=O)c2sccc2Cl)C1. The molecule has 3 nitrogen and oxygen atoms in total. The van der Waals surface area contributed by atoms with E-state index in [-0.39, 0.29) is 11.9 Å². The molecule has 2 N–H and O–H groups in total. The fourth-order valence-corrected chi connectivity index (χ4v) is 2.66. The molecule has 1 aliphatic heterocycles. The molecule has 76 valence electrons. The summed E-state index contributed by atoms with van der Waals surface area (Å²) in [5.74, 6) is 0.0120. The van der Waals surface area contributed by atoms with Crippen LogP contribution in [0.25, 0.3) is 0 Å². The van der Waals surface area contributed by atoms with E-state index in [4.69, 9.17) is 17.3 Å². The zero-order chi connectivity index (χ0) is 10.1. The van der Waals surface area contributed by atoms with E-state index in [0.717, 1.165) is 13.0 Å². The van der Waals surface area contributed by atoms with Gasteiger partial charge in [0.2, 0.25) is 0 Å². The van der Waals surface area contributed by atoms with Crippen LogP contribution in [0.15, 0.2) is 11.4 Å². The third-order valence-corrected chi connectivity index (χ3v) is 3.65. The smallest absolute Gasteiger partial charge is 0.265 e. The van der Waals surface area contributed by atoms with E-state index in [0.29, 0.717) is 16.4 Å². The molecule has 0 bridgehead atoms. The predicted molar refractivity (Wildman–Crippen MR) is 57.8 cm³/mol. The van der Waals surface area contributed by atoms with Crippen molar-refractivity contribution >= 4 is 28.8 Å². The highest BCUT2D eigenvalue weighted by molar-refractivity contribution is 7.12. The Kier molecular flexibility index (Phi) is 2.76. The number of hydrogen-bond acceptors (Lipinski definition) is 3. The first kappa shape index (κ1) is 9.96. The van der Waals surface area contributed by atoms with Crippen LogP contribution in [0.4, 0.5) is 0 Å². The second kappa shape index (κ2) is 3.88. The summed E-state index contributed by atoms with van der Waals surface area (Å²) in [5, 5.41) is 2.37. The molecular weight excluding hydrogens is 220 g/mol. The molecule has 1 fully saturated rings. The summed E-state index contributed by atoms with van der Waals surface area (Å²) in [7, 11) is 0. The van der Waals surface area contributed by atoms with Gasteiger partial charge in [0.05, 0.1) is 5.02 Å². The lowest BCUT2D eigenvalue weighted by molar-refractivity contribution is 0.0796. The topological polar surface area (TPSA) is 46.3 Å². The predicted octanol–water partition coefficient (Wildman–Crippen LogP) is 1.57. The second-order valence-corrected chi connectivity index (χ2v) is 4.72. The number of hydrogen-bond donors (Lipinski definition) is 1. The molecule has 0 aliphatic carbocycles. The van der Waals surface area contributed by atoms with Gasteiger partial charge in [-0.15, -0.1) is 11.3 Å². The van der Waals surface area contributed by atoms with Gasteiger partial charge in [0.15, 0.2) is 0 Å². The summed E-state index contributed by atoms with van der Waals surface area (Å²) >= 11 is 7.26. The van der Waals surface area contributed by atoms with Gasteiger partial charge in [-0.3, -0.25) is 4.79 Å². The third kappa shape index (κ3) is 1.78. The minimum absolute atomic E-state index is 0.0120. The third-order valence-electron chi connectivity index (χ3n) is 2.32. The summed E-state index contributed by atoms with van der Waals surface area (Å²) in [5.41, 5.74) is 5.73. The summed E-state index contributed by atoms with van der Waals surface area (Å²) in [6.45, 7) is 1.39. The van der Waals surface area contributed by atoms with Gasteiger partial charge in [0.1, 0.15) is 4.88 Å². The van der Waals surface area contributed by atoms with Crippen molar-refractivity contribution in [3.63, 3.8) is 0 Å². The summed E-state index contributed by atoms with van der Waals surface area (Å²) in [6, 6.07) is 1.87. The molecule has 0 unspecified atom stereocenters. The Bertz CT molecular complexity index is 352. The summed E-state index contributed by atoms with van der Waals surface area (Å²) in [4.78, 5) is 14.3. The maximum Gasteiger partial charge on any atom is 0.265 e. The molecule has 5 heteroatoms. The van der Waals surface area contributed by atoms with Gasteiger partial charge in [-0.05, 0) is 17.9 Å². The lowest BCUT2D eigenvalue weighted by Crippen LogP contribution is -2.31. The number of carbonyl (C=O) groups excluding carboxylic acids is 1. The van der Waals surface area contributed by atoms with E-state index in [9.17, 15) is 4.79 Å². The van der Waals surface area contributed by atoms with Gasteiger partial charge in [0, 0.05) is 19.1 Å². The summed E-state index contributed by atoms with van der Waals surface area (Å²) in [6.07, 6.45) is 0.884. The van der Waals surface area contributed by atoms with Crippen molar-refractivity contribution in [1.82, 2.24) is 4.90 Å². The van der Waals surface area contributed by atoms with Crippen molar-refractivity contribution in [3.05, 3.63) is 21.3 Å². The van der Waals surface area contributed by atoms with Crippen LogP contribution in [0.5, 0.6) is 0 Å². The van der Waals surface area contributed by atoms with E-state index in [1.165, 1.54) is 11.3 Å². The van der Waals surface area contributed by atoms with Gasteiger partial charge in [0.25, 0.3) is 5.91 Å². The summed E-state index contributed by atoms with van der Waals surface area (Å²) < 4.78 is 0. The van der Waals surface area contributed by atoms with Crippen LogP contribution in [0, 0.1) is 0 Å². The van der Waals surface area contributed by atoms with Gasteiger partial charge in [-0.1, -0.05) is 11.6 Å². The van der Waals surface area contributed by atoms with Crippen LogP contribution in [0.2, 0.25) is 5.02 Å². The minimum Gasteiger partial charge on any atom is -0.336 e. The first-order chi connectivity index (χ1) is 6.68. The number of amides is 1. The molecular formula is C9H11ClN2OS. The van der Waals surface area contributed by atoms with Crippen LogP contribution in [0.3, 0.4) is 0 Å². The lowest BCUT2D eigenvalue weighted by Gasteiger charge is -2.14. The Morgan fingerprint density at radius 1 is 1.71 bits per heavy atom. The van der Waals surface area contributed by atoms with Crippen molar-refractivity contribution in [3.8, 4) is 0 Å². The van der Waals surface area contributed by atoms with E-state index in [2.05, 4.69) is 0 Å².